The smallest absolute Gasteiger partial charge is 0.217 e. The van der Waals surface area contributed by atoms with Crippen LogP contribution in [0.4, 0.5) is 5.69 Å². The van der Waals surface area contributed by atoms with Crippen LogP contribution in [0.25, 0.3) is 0 Å². The summed E-state index contributed by atoms with van der Waals surface area (Å²) in [6.45, 7) is 2.73. The summed E-state index contributed by atoms with van der Waals surface area (Å²) in [6.07, 6.45) is 1.84. The Kier molecular flexibility index (Phi) is 6.11. The molecule has 0 heterocycles. The van der Waals surface area contributed by atoms with Gasteiger partial charge in [-0.1, -0.05) is 13.3 Å². The second-order valence-corrected chi connectivity index (χ2v) is 6.60. The Morgan fingerprint density at radius 3 is 2.47 bits per heavy atom. The standard InChI is InChI=1S/C13H22N2O3S/c1-3-4-9-15(2)19(16,17)11-10-18-13-7-5-12(14)6-8-13/h5-8H,3-4,9-11,14H2,1-2H3. The van der Waals surface area contributed by atoms with Gasteiger partial charge in [0.2, 0.25) is 10.0 Å². The third kappa shape index (κ3) is 5.48. The Hall–Kier alpha value is -1.27. The molecular weight excluding hydrogens is 264 g/mol. The van der Waals surface area contributed by atoms with Crippen molar-refractivity contribution < 1.29 is 13.2 Å². The van der Waals surface area contributed by atoms with E-state index in [1.54, 1.807) is 31.3 Å². The minimum atomic E-state index is -3.23. The number of sulfonamides is 1. The van der Waals surface area contributed by atoms with E-state index < -0.39 is 10.0 Å². The molecule has 19 heavy (non-hydrogen) atoms. The number of unbranched alkanes of at least 4 members (excludes halogenated alkanes) is 1. The lowest BCUT2D eigenvalue weighted by molar-refractivity contribution is 0.336. The van der Waals surface area contributed by atoms with Crippen LogP contribution >= 0.6 is 0 Å². The quantitative estimate of drug-likeness (QED) is 0.738. The van der Waals surface area contributed by atoms with Crippen molar-refractivity contribution in [3.8, 4) is 5.75 Å². The molecule has 0 unspecified atom stereocenters. The number of hydrogen-bond donors (Lipinski definition) is 1. The molecule has 1 rings (SSSR count). The average molecular weight is 286 g/mol. The molecule has 0 spiro atoms. The lowest BCUT2D eigenvalue weighted by Gasteiger charge is -2.16. The van der Waals surface area contributed by atoms with Gasteiger partial charge in [0.1, 0.15) is 12.4 Å². The maximum absolute atomic E-state index is 11.9. The number of benzene rings is 1. The normalized spacial score (nSPS) is 11.7. The van der Waals surface area contributed by atoms with E-state index in [2.05, 4.69) is 0 Å². The zero-order valence-electron chi connectivity index (χ0n) is 11.5. The second kappa shape index (κ2) is 7.35. The zero-order chi connectivity index (χ0) is 14.3. The van der Waals surface area contributed by atoms with E-state index in [1.165, 1.54) is 4.31 Å². The molecule has 0 radical (unpaired) electrons. The minimum Gasteiger partial charge on any atom is -0.492 e. The molecule has 0 atom stereocenters. The van der Waals surface area contributed by atoms with E-state index >= 15 is 0 Å². The van der Waals surface area contributed by atoms with Gasteiger partial charge in [0.05, 0.1) is 5.75 Å². The molecule has 0 aromatic heterocycles. The first kappa shape index (κ1) is 15.8. The molecule has 108 valence electrons. The van der Waals surface area contributed by atoms with Gasteiger partial charge < -0.3 is 10.5 Å². The van der Waals surface area contributed by atoms with E-state index in [-0.39, 0.29) is 12.4 Å². The predicted octanol–water partition coefficient (Wildman–Crippen LogP) is 1.71. The summed E-state index contributed by atoms with van der Waals surface area (Å²) >= 11 is 0. The first-order valence-electron chi connectivity index (χ1n) is 6.38. The Labute approximate surface area is 115 Å². The van der Waals surface area contributed by atoms with Crippen LogP contribution < -0.4 is 10.5 Å². The van der Waals surface area contributed by atoms with E-state index in [0.717, 1.165) is 12.8 Å². The fraction of sp³-hybridized carbons (Fsp3) is 0.538. The van der Waals surface area contributed by atoms with Crippen molar-refractivity contribution in [2.75, 3.05) is 31.7 Å². The number of ether oxygens (including phenoxy) is 1. The number of nitrogens with zero attached hydrogens (tertiary/aromatic N) is 1. The molecule has 0 bridgehead atoms. The van der Waals surface area contributed by atoms with Crippen LogP contribution in [0.15, 0.2) is 24.3 Å². The highest BCUT2D eigenvalue weighted by Crippen LogP contribution is 2.13. The topological polar surface area (TPSA) is 72.6 Å². The summed E-state index contributed by atoms with van der Waals surface area (Å²) in [6, 6.07) is 6.89. The van der Waals surface area contributed by atoms with Crippen LogP contribution in [0.3, 0.4) is 0 Å². The van der Waals surface area contributed by atoms with Gasteiger partial charge in [0.25, 0.3) is 0 Å². The van der Waals surface area contributed by atoms with Crippen molar-refractivity contribution in [3.63, 3.8) is 0 Å². The molecule has 0 aliphatic carbocycles. The number of nitrogen functional groups attached to an aromatic ring is 1. The van der Waals surface area contributed by atoms with Gasteiger partial charge in [-0.3, -0.25) is 0 Å². The summed E-state index contributed by atoms with van der Waals surface area (Å²) in [7, 11) is -1.62. The van der Waals surface area contributed by atoms with Gasteiger partial charge in [-0.05, 0) is 30.7 Å². The highest BCUT2D eigenvalue weighted by Gasteiger charge is 2.16. The van der Waals surface area contributed by atoms with Crippen LogP contribution in [-0.2, 0) is 10.0 Å². The van der Waals surface area contributed by atoms with E-state index in [4.69, 9.17) is 10.5 Å². The van der Waals surface area contributed by atoms with Crippen LogP contribution in [0.1, 0.15) is 19.8 Å². The molecule has 6 heteroatoms. The highest BCUT2D eigenvalue weighted by atomic mass is 32.2. The third-order valence-corrected chi connectivity index (χ3v) is 4.61. The Morgan fingerprint density at radius 2 is 1.89 bits per heavy atom. The molecular formula is C13H22N2O3S. The van der Waals surface area contributed by atoms with Crippen molar-refractivity contribution in [1.29, 1.82) is 0 Å². The Morgan fingerprint density at radius 1 is 1.26 bits per heavy atom. The molecule has 0 fully saturated rings. The summed E-state index contributed by atoms with van der Waals surface area (Å²) in [5.41, 5.74) is 6.20. The lowest BCUT2D eigenvalue weighted by atomic mass is 10.3. The lowest BCUT2D eigenvalue weighted by Crippen LogP contribution is -2.32. The summed E-state index contributed by atoms with van der Waals surface area (Å²) < 4.78 is 30.6. The first-order valence-corrected chi connectivity index (χ1v) is 7.99. The molecule has 0 saturated heterocycles. The number of hydrogen-bond acceptors (Lipinski definition) is 4. The van der Waals surface area contributed by atoms with Crippen molar-refractivity contribution in [1.82, 2.24) is 4.31 Å². The molecule has 0 aliphatic rings. The number of nitrogens with two attached hydrogens (primary N) is 1. The van der Waals surface area contributed by atoms with Crippen molar-refractivity contribution in [2.45, 2.75) is 19.8 Å². The van der Waals surface area contributed by atoms with E-state index in [9.17, 15) is 8.42 Å². The Bertz CT molecular complexity index is 471. The van der Waals surface area contributed by atoms with E-state index in [1.807, 2.05) is 6.92 Å². The highest BCUT2D eigenvalue weighted by molar-refractivity contribution is 7.89. The summed E-state index contributed by atoms with van der Waals surface area (Å²) in [5, 5.41) is 0. The molecule has 0 saturated carbocycles. The van der Waals surface area contributed by atoms with Gasteiger partial charge >= 0.3 is 0 Å². The maximum atomic E-state index is 11.9. The molecule has 0 aliphatic heterocycles. The van der Waals surface area contributed by atoms with Crippen molar-refractivity contribution >= 4 is 15.7 Å². The molecule has 2 N–H and O–H groups in total. The molecule has 0 amide bonds. The van der Waals surface area contributed by atoms with Gasteiger partial charge in [0, 0.05) is 19.3 Å². The Balaban J connectivity index is 2.41. The summed E-state index contributed by atoms with van der Waals surface area (Å²) in [4.78, 5) is 0. The third-order valence-electron chi connectivity index (χ3n) is 2.79. The van der Waals surface area contributed by atoms with E-state index in [0.29, 0.717) is 18.0 Å². The number of anilines is 1. The second-order valence-electron chi connectivity index (χ2n) is 4.41. The monoisotopic (exact) mass is 286 g/mol. The minimum absolute atomic E-state index is 0.0163. The van der Waals surface area contributed by atoms with Gasteiger partial charge in [-0.25, -0.2) is 12.7 Å². The average Bonchev–Trinajstić information content (AvgIpc) is 2.38. The van der Waals surface area contributed by atoms with Crippen LogP contribution in [0.2, 0.25) is 0 Å². The van der Waals surface area contributed by atoms with Gasteiger partial charge in [0.15, 0.2) is 0 Å². The molecule has 5 nitrogen and oxygen atoms in total. The molecule has 1 aromatic carbocycles. The molecule has 1 aromatic rings. The van der Waals surface area contributed by atoms with Crippen LogP contribution in [0, 0.1) is 0 Å². The maximum Gasteiger partial charge on any atom is 0.217 e. The van der Waals surface area contributed by atoms with Crippen LogP contribution in [-0.4, -0.2) is 38.7 Å². The fourth-order valence-corrected chi connectivity index (χ4v) is 2.52. The largest absolute Gasteiger partial charge is 0.492 e. The zero-order valence-corrected chi connectivity index (χ0v) is 12.3. The SMILES string of the molecule is CCCCN(C)S(=O)(=O)CCOc1ccc(N)cc1. The van der Waals surface area contributed by atoms with Crippen molar-refractivity contribution in [3.05, 3.63) is 24.3 Å². The van der Waals surface area contributed by atoms with Gasteiger partial charge in [-0.2, -0.15) is 0 Å². The summed E-state index contributed by atoms with van der Waals surface area (Å²) in [5.74, 6) is 0.609. The van der Waals surface area contributed by atoms with Crippen molar-refractivity contribution in [2.24, 2.45) is 0 Å². The fourth-order valence-electron chi connectivity index (χ4n) is 1.50. The van der Waals surface area contributed by atoms with Crippen LogP contribution in [0.5, 0.6) is 5.75 Å². The van der Waals surface area contributed by atoms with Gasteiger partial charge in [-0.15, -0.1) is 0 Å². The first-order chi connectivity index (χ1) is 8.95. The predicted molar refractivity (Wildman–Crippen MR) is 77.7 cm³/mol. The number of rotatable bonds is 8.